The lowest BCUT2D eigenvalue weighted by Gasteiger charge is -2.27. The number of halogens is 2. The average Bonchev–Trinajstić information content (AvgIpc) is 2.85. The Labute approximate surface area is 131 Å². The Hall–Kier alpha value is -0.190. The fraction of sp³-hybridized carbons (Fsp3) is 0.500. The Morgan fingerprint density at radius 2 is 2.16 bits per heavy atom. The second kappa shape index (κ2) is 6.51. The number of carbonyl (C=O) groups is 1. The van der Waals surface area contributed by atoms with E-state index in [1.165, 1.54) is 25.7 Å². The molecule has 104 valence electrons. The topological polar surface area (TPSA) is 29.1 Å². The van der Waals surface area contributed by atoms with Gasteiger partial charge in [0.2, 0.25) is 0 Å². The zero-order chi connectivity index (χ0) is 13.9. The smallest absolute Gasteiger partial charge is 0.252 e. The first-order chi connectivity index (χ1) is 9.06. The predicted octanol–water partition coefficient (Wildman–Crippen LogP) is 4.51. The molecular formula is C14H17BrClNOS. The molecule has 0 atom stereocenters. The molecule has 1 saturated carbocycles. The molecule has 0 aromatic heterocycles. The highest BCUT2D eigenvalue weighted by Crippen LogP contribution is 2.39. The number of benzene rings is 1. The van der Waals surface area contributed by atoms with Crippen LogP contribution in [0.15, 0.2) is 22.7 Å². The van der Waals surface area contributed by atoms with Crippen LogP contribution in [-0.2, 0) is 0 Å². The Kier molecular flexibility index (Phi) is 5.21. The Bertz CT molecular complexity index is 475. The molecule has 0 aliphatic heterocycles. The first kappa shape index (κ1) is 15.2. The summed E-state index contributed by atoms with van der Waals surface area (Å²) < 4.78 is 0.969. The van der Waals surface area contributed by atoms with Crippen LogP contribution in [0.1, 0.15) is 36.0 Å². The first-order valence-electron chi connectivity index (χ1n) is 6.35. The minimum atomic E-state index is -0.0381. The molecule has 2 nitrogen and oxygen atoms in total. The number of amides is 1. The van der Waals surface area contributed by atoms with Crippen molar-refractivity contribution in [1.29, 1.82) is 0 Å². The highest BCUT2D eigenvalue weighted by Gasteiger charge is 2.33. The minimum Gasteiger partial charge on any atom is -0.351 e. The van der Waals surface area contributed by atoms with Gasteiger partial charge in [-0.25, -0.2) is 0 Å². The fourth-order valence-electron chi connectivity index (χ4n) is 2.48. The van der Waals surface area contributed by atoms with E-state index in [2.05, 4.69) is 27.5 Å². The molecular weight excluding hydrogens is 346 g/mol. The van der Waals surface area contributed by atoms with Gasteiger partial charge in [-0.05, 0) is 53.2 Å². The zero-order valence-electron chi connectivity index (χ0n) is 10.8. The van der Waals surface area contributed by atoms with Gasteiger partial charge in [-0.1, -0.05) is 24.4 Å². The quantitative estimate of drug-likeness (QED) is 0.854. The van der Waals surface area contributed by atoms with Crippen molar-refractivity contribution >= 4 is 45.2 Å². The summed E-state index contributed by atoms with van der Waals surface area (Å²) in [5, 5.41) is 3.68. The van der Waals surface area contributed by atoms with Crippen LogP contribution in [-0.4, -0.2) is 23.5 Å². The lowest BCUT2D eigenvalue weighted by Crippen LogP contribution is -2.38. The lowest BCUT2D eigenvalue weighted by atomic mass is 10.1. The van der Waals surface area contributed by atoms with E-state index in [9.17, 15) is 4.79 Å². The van der Waals surface area contributed by atoms with Crippen molar-refractivity contribution in [2.45, 2.75) is 30.4 Å². The molecule has 0 unspecified atom stereocenters. The van der Waals surface area contributed by atoms with E-state index in [0.717, 1.165) is 11.0 Å². The molecule has 1 aliphatic carbocycles. The second-order valence-electron chi connectivity index (χ2n) is 4.90. The molecule has 0 bridgehead atoms. The molecule has 1 aromatic rings. The number of carbonyl (C=O) groups excluding carboxylic acids is 1. The van der Waals surface area contributed by atoms with Gasteiger partial charge in [0, 0.05) is 20.8 Å². The summed E-state index contributed by atoms with van der Waals surface area (Å²) in [7, 11) is 0. The van der Waals surface area contributed by atoms with Crippen LogP contribution < -0.4 is 5.32 Å². The monoisotopic (exact) mass is 361 g/mol. The third-order valence-corrected chi connectivity index (χ3v) is 6.00. The summed E-state index contributed by atoms with van der Waals surface area (Å²) in [6, 6.07) is 5.24. The van der Waals surface area contributed by atoms with E-state index < -0.39 is 0 Å². The van der Waals surface area contributed by atoms with Gasteiger partial charge >= 0.3 is 0 Å². The maximum absolute atomic E-state index is 12.2. The molecule has 1 aliphatic rings. The summed E-state index contributed by atoms with van der Waals surface area (Å²) >= 11 is 11.1. The third-order valence-electron chi connectivity index (χ3n) is 3.69. The van der Waals surface area contributed by atoms with Crippen molar-refractivity contribution < 1.29 is 4.79 Å². The van der Waals surface area contributed by atoms with Gasteiger partial charge in [0.25, 0.3) is 5.91 Å². The summed E-state index contributed by atoms with van der Waals surface area (Å²) in [5.74, 6) is -0.0381. The maximum Gasteiger partial charge on any atom is 0.252 e. The molecule has 19 heavy (non-hydrogen) atoms. The summed E-state index contributed by atoms with van der Waals surface area (Å²) in [6.45, 7) is 0.738. The van der Waals surface area contributed by atoms with Gasteiger partial charge < -0.3 is 5.32 Å². The van der Waals surface area contributed by atoms with Crippen molar-refractivity contribution in [3.63, 3.8) is 0 Å². The van der Waals surface area contributed by atoms with Gasteiger partial charge in [-0.15, -0.1) is 0 Å². The Morgan fingerprint density at radius 3 is 2.74 bits per heavy atom. The number of rotatable bonds is 4. The fourth-order valence-corrected chi connectivity index (χ4v) is 4.26. The van der Waals surface area contributed by atoms with Crippen LogP contribution >= 0.6 is 39.3 Å². The standard InChI is InChI=1S/C14H17BrClNOS/c1-19-14(6-2-3-7-14)9-17-13(18)11-5-4-10(16)8-12(11)15/h4-5,8H,2-3,6-7,9H2,1H3,(H,17,18). The van der Waals surface area contributed by atoms with E-state index >= 15 is 0 Å². The van der Waals surface area contributed by atoms with Crippen LogP contribution in [0.2, 0.25) is 5.02 Å². The SMILES string of the molecule is CSC1(CNC(=O)c2ccc(Cl)cc2Br)CCCC1. The van der Waals surface area contributed by atoms with Crippen molar-refractivity contribution in [3.8, 4) is 0 Å². The number of thioether (sulfide) groups is 1. The molecule has 1 aromatic carbocycles. The zero-order valence-corrected chi connectivity index (χ0v) is 14.0. The van der Waals surface area contributed by atoms with E-state index in [4.69, 9.17) is 11.6 Å². The highest BCUT2D eigenvalue weighted by atomic mass is 79.9. The van der Waals surface area contributed by atoms with E-state index in [-0.39, 0.29) is 10.7 Å². The molecule has 1 fully saturated rings. The van der Waals surface area contributed by atoms with Crippen LogP contribution in [0.25, 0.3) is 0 Å². The Morgan fingerprint density at radius 1 is 1.47 bits per heavy atom. The normalized spacial score (nSPS) is 17.4. The van der Waals surface area contributed by atoms with Gasteiger partial charge in [0.15, 0.2) is 0 Å². The predicted molar refractivity (Wildman–Crippen MR) is 86.2 cm³/mol. The van der Waals surface area contributed by atoms with Crippen LogP contribution in [0.4, 0.5) is 0 Å². The second-order valence-corrected chi connectivity index (χ2v) is 7.47. The molecule has 0 heterocycles. The minimum absolute atomic E-state index is 0.0381. The molecule has 2 rings (SSSR count). The van der Waals surface area contributed by atoms with Crippen molar-refractivity contribution in [1.82, 2.24) is 5.32 Å². The van der Waals surface area contributed by atoms with E-state index in [1.807, 2.05) is 11.8 Å². The van der Waals surface area contributed by atoms with Crippen molar-refractivity contribution in [2.24, 2.45) is 0 Å². The summed E-state index contributed by atoms with van der Waals surface area (Å²) in [5.41, 5.74) is 0.638. The van der Waals surface area contributed by atoms with Crippen molar-refractivity contribution in [3.05, 3.63) is 33.3 Å². The van der Waals surface area contributed by atoms with Crippen LogP contribution in [0.3, 0.4) is 0 Å². The van der Waals surface area contributed by atoms with E-state index in [1.54, 1.807) is 18.2 Å². The molecule has 5 heteroatoms. The van der Waals surface area contributed by atoms with Gasteiger partial charge in [-0.2, -0.15) is 11.8 Å². The van der Waals surface area contributed by atoms with Crippen LogP contribution in [0.5, 0.6) is 0 Å². The number of hydrogen-bond donors (Lipinski definition) is 1. The largest absolute Gasteiger partial charge is 0.351 e. The molecule has 0 saturated heterocycles. The Balaban J connectivity index is 2.01. The number of nitrogens with one attached hydrogen (secondary N) is 1. The molecule has 1 amide bonds. The highest BCUT2D eigenvalue weighted by molar-refractivity contribution is 9.10. The number of hydrogen-bond acceptors (Lipinski definition) is 2. The van der Waals surface area contributed by atoms with Crippen LogP contribution in [0, 0.1) is 0 Å². The molecule has 0 radical (unpaired) electrons. The molecule has 0 spiro atoms. The van der Waals surface area contributed by atoms with Gasteiger partial charge in [0.1, 0.15) is 0 Å². The van der Waals surface area contributed by atoms with E-state index in [0.29, 0.717) is 10.6 Å². The van der Waals surface area contributed by atoms with Gasteiger partial charge in [-0.3, -0.25) is 4.79 Å². The summed E-state index contributed by atoms with van der Waals surface area (Å²) in [6.07, 6.45) is 7.05. The lowest BCUT2D eigenvalue weighted by molar-refractivity contribution is 0.0949. The third kappa shape index (κ3) is 3.67. The summed E-state index contributed by atoms with van der Waals surface area (Å²) in [4.78, 5) is 12.2. The first-order valence-corrected chi connectivity index (χ1v) is 8.74. The van der Waals surface area contributed by atoms with Crippen molar-refractivity contribution in [2.75, 3.05) is 12.8 Å². The molecule has 1 N–H and O–H groups in total. The maximum atomic E-state index is 12.2. The average molecular weight is 363 g/mol. The van der Waals surface area contributed by atoms with Gasteiger partial charge in [0.05, 0.1) is 5.56 Å².